The van der Waals surface area contributed by atoms with E-state index in [1.165, 1.54) is 4.52 Å². The third-order valence-corrected chi connectivity index (χ3v) is 5.33. The largest absolute Gasteiger partial charge is 0.494 e. The molecule has 1 aliphatic carbocycles. The van der Waals surface area contributed by atoms with Crippen molar-refractivity contribution in [3.05, 3.63) is 33.8 Å². The van der Waals surface area contributed by atoms with Gasteiger partial charge < -0.3 is 15.3 Å². The van der Waals surface area contributed by atoms with Crippen molar-refractivity contribution in [2.75, 3.05) is 20.1 Å². The zero-order valence-corrected chi connectivity index (χ0v) is 16.6. The molecule has 2 aromatic rings. The molecule has 2 aromatic heterocycles. The van der Waals surface area contributed by atoms with Crippen molar-refractivity contribution in [2.24, 2.45) is 5.92 Å². The fraction of sp³-hybridized carbons (Fsp3) is 0.550. The van der Waals surface area contributed by atoms with Crippen LogP contribution in [0.1, 0.15) is 49.0 Å². The van der Waals surface area contributed by atoms with Crippen molar-refractivity contribution in [1.29, 1.82) is 0 Å². The van der Waals surface area contributed by atoms with E-state index >= 15 is 0 Å². The van der Waals surface area contributed by atoms with E-state index in [1.54, 1.807) is 10.8 Å². The van der Waals surface area contributed by atoms with Crippen molar-refractivity contribution in [1.82, 2.24) is 24.4 Å². The maximum absolute atomic E-state index is 13.0. The molecule has 2 N–H and O–H groups in total. The molecule has 3 heterocycles. The summed E-state index contributed by atoms with van der Waals surface area (Å²) in [6, 6.07) is 0.0955. The minimum Gasteiger partial charge on any atom is -0.494 e. The Bertz CT molecular complexity index is 1010. The molecule has 0 spiro atoms. The second-order valence-corrected chi connectivity index (χ2v) is 8.29. The predicted octanol–water partition coefficient (Wildman–Crippen LogP) is 1.47. The van der Waals surface area contributed by atoms with Gasteiger partial charge in [-0.1, -0.05) is 19.9 Å². The second kappa shape index (κ2) is 7.09. The lowest BCUT2D eigenvalue weighted by molar-refractivity contribution is 0.0944. The number of hydrogen-bond acceptors (Lipinski definition) is 5. The number of rotatable bonds is 5. The van der Waals surface area contributed by atoms with Crippen LogP contribution in [0.15, 0.2) is 17.1 Å². The highest BCUT2D eigenvalue weighted by Gasteiger charge is 2.30. The van der Waals surface area contributed by atoms with Crippen molar-refractivity contribution in [2.45, 2.75) is 45.7 Å². The number of fused-ring (bicyclic) bond motifs is 1. The number of nitrogens with zero attached hydrogens (tertiary/aromatic N) is 4. The number of hydrogen-bond donors (Lipinski definition) is 2. The van der Waals surface area contributed by atoms with Gasteiger partial charge in [-0.05, 0) is 37.8 Å². The molecule has 150 valence electrons. The minimum absolute atomic E-state index is 0.0955. The first kappa shape index (κ1) is 18.7. The zero-order chi connectivity index (χ0) is 20.0. The standard InChI is InChI=1S/C20H27N5O3/c1-12(2)11-24-18-15(13-6-8-23(3)9-7-13)10-21-25(18)20(28)16(19(24)27)17(26)22-14-4-5-14/h6,10,12,14,27H,4-5,7-9,11H2,1-3H3,(H,22,26). The maximum atomic E-state index is 13.0. The molecule has 8 nitrogen and oxygen atoms in total. The summed E-state index contributed by atoms with van der Waals surface area (Å²) >= 11 is 0. The second-order valence-electron chi connectivity index (χ2n) is 8.29. The summed E-state index contributed by atoms with van der Waals surface area (Å²) in [5, 5.41) is 18.0. The number of nitrogens with one attached hydrogen (secondary N) is 1. The van der Waals surface area contributed by atoms with Gasteiger partial charge >= 0.3 is 0 Å². The number of carbonyl (C=O) groups is 1. The quantitative estimate of drug-likeness (QED) is 0.813. The van der Waals surface area contributed by atoms with Crippen molar-refractivity contribution >= 4 is 17.1 Å². The average Bonchev–Trinajstić information content (AvgIpc) is 3.34. The Hall–Kier alpha value is -2.61. The molecule has 0 bridgehead atoms. The first-order chi connectivity index (χ1) is 13.4. The van der Waals surface area contributed by atoms with E-state index in [1.807, 2.05) is 13.8 Å². The molecule has 28 heavy (non-hydrogen) atoms. The molecule has 2 aliphatic rings. The topological polar surface area (TPSA) is 91.9 Å². The van der Waals surface area contributed by atoms with E-state index in [9.17, 15) is 14.7 Å². The highest BCUT2D eigenvalue weighted by molar-refractivity contribution is 5.97. The van der Waals surface area contributed by atoms with E-state index in [0.29, 0.717) is 12.2 Å². The lowest BCUT2D eigenvalue weighted by Crippen LogP contribution is -2.34. The summed E-state index contributed by atoms with van der Waals surface area (Å²) in [6.45, 7) is 6.29. The van der Waals surface area contributed by atoms with Crippen LogP contribution in [0.25, 0.3) is 11.2 Å². The van der Waals surface area contributed by atoms with Gasteiger partial charge in [0.1, 0.15) is 5.65 Å². The van der Waals surface area contributed by atoms with Gasteiger partial charge in [0.15, 0.2) is 5.56 Å². The third kappa shape index (κ3) is 3.32. The van der Waals surface area contributed by atoms with Crippen LogP contribution in [-0.4, -0.2) is 56.3 Å². The molecule has 1 aliphatic heterocycles. The summed E-state index contributed by atoms with van der Waals surface area (Å²) in [5.41, 5.74) is 1.70. The Morgan fingerprint density at radius 3 is 2.75 bits per heavy atom. The first-order valence-corrected chi connectivity index (χ1v) is 9.89. The molecular weight excluding hydrogens is 358 g/mol. The predicted molar refractivity (Wildman–Crippen MR) is 107 cm³/mol. The SMILES string of the molecule is CC(C)Cn1c(O)c(C(=O)NC2CC2)c(=O)n2ncc(C3=CCN(C)CC3)c12. The number of aromatic hydroxyl groups is 1. The number of aromatic nitrogens is 3. The van der Waals surface area contributed by atoms with E-state index in [2.05, 4.69) is 28.4 Å². The van der Waals surface area contributed by atoms with Gasteiger partial charge in [0.05, 0.1) is 6.20 Å². The lowest BCUT2D eigenvalue weighted by Gasteiger charge is -2.22. The van der Waals surface area contributed by atoms with Gasteiger partial charge in [-0.3, -0.25) is 14.2 Å². The number of amides is 1. The van der Waals surface area contributed by atoms with Crippen LogP contribution in [0.3, 0.4) is 0 Å². The highest BCUT2D eigenvalue weighted by Crippen LogP contribution is 2.29. The van der Waals surface area contributed by atoms with Crippen LogP contribution in [0.5, 0.6) is 5.88 Å². The molecule has 8 heteroatoms. The fourth-order valence-electron chi connectivity index (χ4n) is 3.65. The van der Waals surface area contributed by atoms with Crippen LogP contribution in [0.2, 0.25) is 0 Å². The Morgan fingerprint density at radius 1 is 1.39 bits per heavy atom. The van der Waals surface area contributed by atoms with Crippen LogP contribution < -0.4 is 10.9 Å². The molecule has 1 amide bonds. The number of likely N-dealkylation sites (N-methyl/N-ethyl adjacent to an activating group) is 1. The number of carbonyl (C=O) groups excluding carboxylic acids is 1. The Kier molecular flexibility index (Phi) is 4.74. The Balaban J connectivity index is 1.91. The summed E-state index contributed by atoms with van der Waals surface area (Å²) < 4.78 is 2.92. The molecular formula is C20H27N5O3. The van der Waals surface area contributed by atoms with E-state index < -0.39 is 11.5 Å². The molecule has 1 saturated carbocycles. The van der Waals surface area contributed by atoms with Gasteiger partial charge in [-0.2, -0.15) is 9.61 Å². The smallest absolute Gasteiger partial charge is 0.291 e. The van der Waals surface area contributed by atoms with Gasteiger partial charge in [-0.15, -0.1) is 0 Å². The van der Waals surface area contributed by atoms with E-state index in [-0.39, 0.29) is 23.4 Å². The summed E-state index contributed by atoms with van der Waals surface area (Å²) in [4.78, 5) is 27.9. The molecule has 4 rings (SSSR count). The summed E-state index contributed by atoms with van der Waals surface area (Å²) in [6.07, 6.45) is 6.47. The minimum atomic E-state index is -0.578. The zero-order valence-electron chi connectivity index (χ0n) is 16.6. The molecule has 0 atom stereocenters. The molecule has 0 aromatic carbocycles. The molecule has 1 fully saturated rings. The lowest BCUT2D eigenvalue weighted by atomic mass is 10.0. The van der Waals surface area contributed by atoms with Crippen molar-refractivity contribution in [3.8, 4) is 5.88 Å². The van der Waals surface area contributed by atoms with Gasteiger partial charge in [0.25, 0.3) is 11.5 Å². The van der Waals surface area contributed by atoms with Gasteiger partial charge in [-0.25, -0.2) is 0 Å². The van der Waals surface area contributed by atoms with Crippen molar-refractivity contribution < 1.29 is 9.90 Å². The summed E-state index contributed by atoms with van der Waals surface area (Å²) in [7, 11) is 2.06. The fourth-order valence-corrected chi connectivity index (χ4v) is 3.65. The average molecular weight is 385 g/mol. The van der Waals surface area contributed by atoms with Crippen LogP contribution in [0.4, 0.5) is 0 Å². The highest BCUT2D eigenvalue weighted by atomic mass is 16.3. The van der Waals surface area contributed by atoms with Gasteiger partial charge in [0.2, 0.25) is 5.88 Å². The summed E-state index contributed by atoms with van der Waals surface area (Å²) in [5.74, 6) is -0.592. The van der Waals surface area contributed by atoms with Crippen LogP contribution >= 0.6 is 0 Å². The Morgan fingerprint density at radius 2 is 2.14 bits per heavy atom. The molecule has 0 radical (unpaired) electrons. The monoisotopic (exact) mass is 385 g/mol. The third-order valence-electron chi connectivity index (χ3n) is 5.33. The van der Waals surface area contributed by atoms with Crippen molar-refractivity contribution in [3.63, 3.8) is 0 Å². The molecule has 0 saturated heterocycles. The van der Waals surface area contributed by atoms with E-state index in [0.717, 1.165) is 43.5 Å². The van der Waals surface area contributed by atoms with E-state index in [4.69, 9.17) is 0 Å². The maximum Gasteiger partial charge on any atom is 0.291 e. The first-order valence-electron chi connectivity index (χ1n) is 9.89. The van der Waals surface area contributed by atoms with Gasteiger partial charge in [0, 0.05) is 31.2 Å². The molecule has 0 unspecified atom stereocenters. The normalized spacial score (nSPS) is 17.9. The Labute approximate surface area is 163 Å². The van der Waals surface area contributed by atoms with Crippen LogP contribution in [-0.2, 0) is 6.54 Å². The van der Waals surface area contributed by atoms with Crippen LogP contribution in [0, 0.1) is 5.92 Å².